The molecule has 30 heavy (non-hydrogen) atoms. The van der Waals surface area contributed by atoms with Crippen LogP contribution in [-0.4, -0.2) is 41.3 Å². The van der Waals surface area contributed by atoms with Crippen molar-refractivity contribution in [2.24, 2.45) is 17.6 Å². The van der Waals surface area contributed by atoms with Gasteiger partial charge >= 0.3 is 0 Å². The van der Waals surface area contributed by atoms with E-state index in [9.17, 15) is 14.7 Å². The van der Waals surface area contributed by atoms with E-state index in [2.05, 4.69) is 11.8 Å². The van der Waals surface area contributed by atoms with Crippen molar-refractivity contribution in [1.29, 1.82) is 0 Å². The predicted molar refractivity (Wildman–Crippen MR) is 120 cm³/mol. The molecule has 5 nitrogen and oxygen atoms in total. The van der Waals surface area contributed by atoms with Crippen LogP contribution < -0.4 is 5.73 Å². The van der Waals surface area contributed by atoms with Crippen molar-refractivity contribution >= 4 is 12.2 Å². The Kier molecular flexibility index (Phi) is 7.22. The molecule has 1 saturated carbocycles. The highest BCUT2D eigenvalue weighted by Gasteiger charge is 2.54. The Morgan fingerprint density at radius 1 is 1.33 bits per heavy atom. The molecule has 1 saturated heterocycles. The third kappa shape index (κ3) is 3.77. The summed E-state index contributed by atoms with van der Waals surface area (Å²) in [6.07, 6.45) is 9.22. The van der Waals surface area contributed by atoms with E-state index in [0.717, 1.165) is 62.1 Å². The van der Waals surface area contributed by atoms with Gasteiger partial charge in [-0.25, -0.2) is 0 Å². The summed E-state index contributed by atoms with van der Waals surface area (Å²) in [5, 5.41) is 11.0. The summed E-state index contributed by atoms with van der Waals surface area (Å²) < 4.78 is 0. The van der Waals surface area contributed by atoms with Crippen molar-refractivity contribution in [3.8, 4) is 5.75 Å². The Bertz CT molecular complexity index is 774. The van der Waals surface area contributed by atoms with Crippen LogP contribution in [0.4, 0.5) is 0 Å². The topological polar surface area (TPSA) is 83.6 Å². The van der Waals surface area contributed by atoms with E-state index >= 15 is 0 Å². The van der Waals surface area contributed by atoms with Crippen molar-refractivity contribution in [2.45, 2.75) is 83.6 Å². The first kappa shape index (κ1) is 22.8. The van der Waals surface area contributed by atoms with Crippen molar-refractivity contribution in [2.75, 3.05) is 13.1 Å². The molecule has 0 radical (unpaired) electrons. The van der Waals surface area contributed by atoms with Gasteiger partial charge in [0.1, 0.15) is 12.0 Å². The van der Waals surface area contributed by atoms with Crippen LogP contribution in [-0.2, 0) is 16.6 Å². The van der Waals surface area contributed by atoms with Gasteiger partial charge in [0.15, 0.2) is 0 Å². The summed E-state index contributed by atoms with van der Waals surface area (Å²) in [7, 11) is 0. The molecule has 3 aliphatic rings. The molecular formula is C25H38N2O3. The lowest BCUT2D eigenvalue weighted by Crippen LogP contribution is -2.61. The number of piperidine rings is 1. The van der Waals surface area contributed by atoms with Gasteiger partial charge in [-0.2, -0.15) is 0 Å². The van der Waals surface area contributed by atoms with Gasteiger partial charge in [0.25, 0.3) is 5.91 Å². The largest absolute Gasteiger partial charge is 0.507 e. The van der Waals surface area contributed by atoms with Crippen LogP contribution in [0, 0.1) is 11.8 Å². The fraction of sp³-hybridized carbons (Fsp3) is 0.680. The smallest absolute Gasteiger partial charge is 0.252 e. The number of primary amides is 1. The number of aromatic hydroxyl groups is 1. The molecule has 2 fully saturated rings. The Labute approximate surface area is 181 Å². The quantitative estimate of drug-likeness (QED) is 0.655. The highest BCUT2D eigenvalue weighted by Crippen LogP contribution is 2.55. The van der Waals surface area contributed by atoms with Crippen LogP contribution in [0.25, 0.3) is 0 Å². The molecule has 0 aromatic heterocycles. The van der Waals surface area contributed by atoms with Gasteiger partial charge in [-0.15, -0.1) is 0 Å². The zero-order valence-corrected chi connectivity index (χ0v) is 18.8. The Morgan fingerprint density at radius 2 is 2.07 bits per heavy atom. The molecule has 1 aromatic carbocycles. The predicted octanol–water partition coefficient (Wildman–Crippen LogP) is 4.19. The minimum atomic E-state index is -0.613. The summed E-state index contributed by atoms with van der Waals surface area (Å²) in [4.78, 5) is 26.3. The van der Waals surface area contributed by atoms with Crippen LogP contribution in [0.2, 0.25) is 0 Å². The van der Waals surface area contributed by atoms with Gasteiger partial charge in [0.2, 0.25) is 0 Å². The summed E-state index contributed by atoms with van der Waals surface area (Å²) >= 11 is 0. The average molecular weight is 415 g/mol. The van der Waals surface area contributed by atoms with Crippen LogP contribution in [0.5, 0.6) is 5.75 Å². The Hall–Kier alpha value is -1.88. The lowest BCUT2D eigenvalue weighted by Gasteiger charge is -2.57. The number of likely N-dealkylation sites (tertiary alicyclic amines) is 1. The molecule has 5 heteroatoms. The fourth-order valence-corrected chi connectivity index (χ4v) is 6.20. The SMILES string of the molecule is CC.CCCC1[C@H]2Cc3ccc(C(N)=O)c(O)c3[C@]1(CC=O)CCN2CC1CCC1. The molecule has 2 bridgehead atoms. The minimum absolute atomic E-state index is 0.0128. The second-order valence-corrected chi connectivity index (χ2v) is 9.10. The number of phenols is 1. The monoisotopic (exact) mass is 414 g/mol. The van der Waals surface area contributed by atoms with Crippen LogP contribution in [0.15, 0.2) is 12.1 Å². The van der Waals surface area contributed by atoms with Crippen LogP contribution in [0.3, 0.4) is 0 Å². The molecule has 4 rings (SSSR count). The Balaban J connectivity index is 0.00000124. The lowest BCUT2D eigenvalue weighted by molar-refractivity contribution is -0.111. The van der Waals surface area contributed by atoms with E-state index in [-0.39, 0.29) is 16.7 Å². The number of carbonyl (C=O) groups excluding carboxylic acids is 2. The molecule has 1 heterocycles. The molecular weight excluding hydrogens is 376 g/mol. The second-order valence-electron chi connectivity index (χ2n) is 9.10. The van der Waals surface area contributed by atoms with E-state index in [0.29, 0.717) is 18.4 Å². The minimum Gasteiger partial charge on any atom is -0.507 e. The lowest BCUT2D eigenvalue weighted by atomic mass is 9.54. The third-order valence-electron chi connectivity index (χ3n) is 7.71. The van der Waals surface area contributed by atoms with Gasteiger partial charge in [0, 0.05) is 30.0 Å². The van der Waals surface area contributed by atoms with E-state index < -0.39 is 5.91 Å². The maximum absolute atomic E-state index is 11.8. The third-order valence-corrected chi connectivity index (χ3v) is 7.71. The normalized spacial score (nSPS) is 28.0. The van der Waals surface area contributed by atoms with E-state index in [1.54, 1.807) is 6.07 Å². The van der Waals surface area contributed by atoms with Crippen LogP contribution >= 0.6 is 0 Å². The molecule has 2 aliphatic carbocycles. The zero-order valence-electron chi connectivity index (χ0n) is 18.8. The number of fused-ring (bicyclic) bond motifs is 4. The standard InChI is InChI=1S/C23H32N2O3.C2H6/c1-2-4-18-19-13-16-7-8-17(22(24)28)21(27)20(16)23(18,10-12-26)9-11-25(19)14-15-5-3-6-15;1-2/h7-8,12,15,18-19,27H,2-6,9-11,13-14H2,1H3,(H2,24,28);1-2H3/t18?,19-,23+;/m1./s1. The van der Waals surface area contributed by atoms with Crippen LogP contribution in [0.1, 0.15) is 87.2 Å². The average Bonchev–Trinajstić information content (AvgIpc) is 2.69. The summed E-state index contributed by atoms with van der Waals surface area (Å²) in [5.74, 6) is 0.530. The van der Waals surface area contributed by atoms with Gasteiger partial charge < -0.3 is 15.6 Å². The number of amides is 1. The van der Waals surface area contributed by atoms with E-state index in [4.69, 9.17) is 5.73 Å². The highest BCUT2D eigenvalue weighted by molar-refractivity contribution is 5.96. The highest BCUT2D eigenvalue weighted by atomic mass is 16.3. The number of nitrogens with zero attached hydrogens (tertiary/aromatic N) is 1. The molecule has 1 amide bonds. The number of nitrogens with two attached hydrogens (primary N) is 1. The maximum Gasteiger partial charge on any atom is 0.252 e. The summed E-state index contributed by atoms with van der Waals surface area (Å²) in [5.41, 5.74) is 7.21. The molecule has 1 aromatic rings. The first-order valence-corrected chi connectivity index (χ1v) is 11.8. The summed E-state index contributed by atoms with van der Waals surface area (Å²) in [6, 6.07) is 4.01. The number of benzene rings is 1. The molecule has 3 atom stereocenters. The number of aldehydes is 1. The van der Waals surface area contributed by atoms with Gasteiger partial charge in [0.05, 0.1) is 5.56 Å². The second kappa shape index (κ2) is 9.51. The number of rotatable bonds is 7. The van der Waals surface area contributed by atoms with Crippen molar-refractivity contribution in [1.82, 2.24) is 4.90 Å². The Morgan fingerprint density at radius 3 is 2.63 bits per heavy atom. The molecule has 0 spiro atoms. The van der Waals surface area contributed by atoms with Crippen molar-refractivity contribution in [3.05, 3.63) is 28.8 Å². The molecule has 1 unspecified atom stereocenters. The van der Waals surface area contributed by atoms with Gasteiger partial charge in [-0.1, -0.05) is 39.7 Å². The van der Waals surface area contributed by atoms with Gasteiger partial charge in [-0.05, 0) is 62.1 Å². The van der Waals surface area contributed by atoms with Gasteiger partial charge in [-0.3, -0.25) is 9.69 Å². The van der Waals surface area contributed by atoms with Crippen molar-refractivity contribution < 1.29 is 14.7 Å². The van der Waals surface area contributed by atoms with E-state index in [1.807, 2.05) is 19.9 Å². The fourth-order valence-electron chi connectivity index (χ4n) is 6.20. The summed E-state index contributed by atoms with van der Waals surface area (Å²) in [6.45, 7) is 8.30. The molecule has 166 valence electrons. The van der Waals surface area contributed by atoms with E-state index in [1.165, 1.54) is 19.3 Å². The maximum atomic E-state index is 11.8. The number of hydrogen-bond acceptors (Lipinski definition) is 4. The van der Waals surface area contributed by atoms with Crippen molar-refractivity contribution in [3.63, 3.8) is 0 Å². The molecule has 3 N–H and O–H groups in total. The number of hydrogen-bond donors (Lipinski definition) is 2. The molecule has 1 aliphatic heterocycles. The zero-order chi connectivity index (χ0) is 21.9. The number of carbonyl (C=O) groups is 2. The first-order chi connectivity index (χ1) is 14.5. The first-order valence-electron chi connectivity index (χ1n) is 11.8.